The van der Waals surface area contributed by atoms with Crippen LogP contribution in [0.3, 0.4) is 0 Å². The van der Waals surface area contributed by atoms with Crippen LogP contribution in [0.15, 0.2) is 72.8 Å². The van der Waals surface area contributed by atoms with Crippen molar-refractivity contribution >= 4 is 29.7 Å². The summed E-state index contributed by atoms with van der Waals surface area (Å²) in [5.41, 5.74) is 3.80. The van der Waals surface area contributed by atoms with Crippen LogP contribution in [0.2, 0.25) is 0 Å². The number of fused-ring (bicyclic) bond motifs is 1. The Morgan fingerprint density at radius 3 is 2.42 bits per heavy atom. The van der Waals surface area contributed by atoms with Crippen LogP contribution in [0.25, 0.3) is 12.2 Å². The minimum Gasteiger partial charge on any atom is -0.504 e. The van der Waals surface area contributed by atoms with Crippen molar-refractivity contribution in [3.05, 3.63) is 95.1 Å². The molecule has 9 N–H and O–H groups in total. The van der Waals surface area contributed by atoms with E-state index in [0.29, 0.717) is 18.4 Å². The van der Waals surface area contributed by atoms with E-state index in [1.807, 2.05) is 30.3 Å². The highest BCUT2D eigenvalue weighted by Crippen LogP contribution is 2.45. The summed E-state index contributed by atoms with van der Waals surface area (Å²) in [4.78, 5) is 41.0. The number of benzene rings is 3. The minimum absolute atomic E-state index is 0.00276. The molecule has 62 heavy (non-hydrogen) atoms. The number of phenolic OH excluding ortho intramolecular Hbond substituents is 3. The Hall–Kier alpha value is -5.13. The number of carbonyl (C=O) groups excluding carboxylic acids is 2. The zero-order valence-corrected chi connectivity index (χ0v) is 34.7. The molecule has 3 aliphatic rings. The van der Waals surface area contributed by atoms with E-state index in [9.17, 15) is 45.0 Å². The Morgan fingerprint density at radius 2 is 1.71 bits per heavy atom. The summed E-state index contributed by atoms with van der Waals surface area (Å²) in [6.45, 7) is -0.546. The monoisotopic (exact) mass is 858 g/mol. The number of phenols is 3. The number of aliphatic hydroxyl groups is 2. The predicted molar refractivity (Wildman–Crippen MR) is 228 cm³/mol. The summed E-state index contributed by atoms with van der Waals surface area (Å²) in [7, 11) is 0. The smallest absolute Gasteiger partial charge is 0.336 e. The highest BCUT2D eigenvalue weighted by atomic mass is 16.6. The molecule has 6 atom stereocenters. The van der Waals surface area contributed by atoms with Gasteiger partial charge in [-0.2, -0.15) is 0 Å². The normalized spacial score (nSPS) is 25.7. The summed E-state index contributed by atoms with van der Waals surface area (Å²) in [5.74, 6) is -3.51. The van der Waals surface area contributed by atoms with Crippen LogP contribution in [0.5, 0.6) is 23.0 Å². The molecule has 3 aromatic rings. The topological polar surface area (TPSA) is 248 Å². The molecule has 0 spiro atoms. The second-order valence-electron chi connectivity index (χ2n) is 16.5. The van der Waals surface area contributed by atoms with E-state index in [0.717, 1.165) is 31.2 Å². The van der Waals surface area contributed by atoms with Crippen LogP contribution >= 0.6 is 0 Å². The number of hydrogen-bond acceptors (Lipinski definition) is 14. The van der Waals surface area contributed by atoms with Gasteiger partial charge in [0.15, 0.2) is 40.2 Å². The van der Waals surface area contributed by atoms with E-state index in [4.69, 9.17) is 24.7 Å². The molecule has 0 amide bonds. The quantitative estimate of drug-likeness (QED) is 0.0622. The Kier molecular flexibility index (Phi) is 15.9. The Balaban J connectivity index is 1.30. The number of nitrogens with one attached hydrogen (secondary N) is 1. The van der Waals surface area contributed by atoms with Gasteiger partial charge in [0.05, 0.1) is 19.3 Å². The molecule has 6 unspecified atom stereocenters. The van der Waals surface area contributed by atoms with E-state index in [-0.39, 0.29) is 73.7 Å². The molecule has 0 bridgehead atoms. The fourth-order valence-corrected chi connectivity index (χ4v) is 8.73. The minimum atomic E-state index is -2.14. The Morgan fingerprint density at radius 1 is 0.952 bits per heavy atom. The van der Waals surface area contributed by atoms with E-state index in [2.05, 4.69) is 5.32 Å². The number of aryl methyl sites for hydroxylation is 1. The van der Waals surface area contributed by atoms with Crippen molar-refractivity contribution in [3.63, 3.8) is 0 Å². The van der Waals surface area contributed by atoms with E-state index in [1.165, 1.54) is 48.6 Å². The number of aliphatic carboxylic acids is 1. The van der Waals surface area contributed by atoms with Gasteiger partial charge in [-0.15, -0.1) is 0 Å². The van der Waals surface area contributed by atoms with Crippen molar-refractivity contribution in [1.82, 2.24) is 5.32 Å². The summed E-state index contributed by atoms with van der Waals surface area (Å²) >= 11 is 0. The van der Waals surface area contributed by atoms with Gasteiger partial charge < -0.3 is 60.6 Å². The molecule has 6 rings (SSSR count). The summed E-state index contributed by atoms with van der Waals surface area (Å²) < 4.78 is 24.9. The van der Waals surface area contributed by atoms with Gasteiger partial charge in [-0.05, 0) is 96.7 Å². The zero-order valence-electron chi connectivity index (χ0n) is 34.7. The molecular weight excluding hydrogens is 801 g/mol. The first kappa shape index (κ1) is 46.4. The van der Waals surface area contributed by atoms with Crippen LogP contribution in [0.1, 0.15) is 73.6 Å². The predicted octanol–water partition coefficient (Wildman–Crippen LogP) is 4.19. The van der Waals surface area contributed by atoms with Gasteiger partial charge in [0.1, 0.15) is 31.0 Å². The number of hydrogen-bond donors (Lipinski definition) is 8. The van der Waals surface area contributed by atoms with Gasteiger partial charge in [0.25, 0.3) is 0 Å². The molecule has 0 radical (unpaired) electrons. The standard InChI is InChI=1S/C47H58N2O13/c48-18-19-59-42-17-13-31(20-40(42)55)12-15-36(51)27-61-46(45(57)58)24-41(56)44-47(28-46,29-49-35-8-4-5-9-35)62-43(21-32(26-60-44)11-10-30-6-2-1-3-7-30)37(52)16-14-33-22-38(53)39(54)23-34(33)25-50/h1-3,6-7,12-17,20,22-23,32,35,41,43-44,49-50,53-56H,4-5,8-11,18-19,21,24-29,48H2,(H,57,58). The van der Waals surface area contributed by atoms with Crippen molar-refractivity contribution in [1.29, 1.82) is 0 Å². The first-order chi connectivity index (χ1) is 29.8. The zero-order chi connectivity index (χ0) is 44.3. The Bertz CT molecular complexity index is 2070. The van der Waals surface area contributed by atoms with Gasteiger partial charge in [-0.25, -0.2) is 4.79 Å². The first-order valence-electron chi connectivity index (χ1n) is 21.2. The van der Waals surface area contributed by atoms with Crippen LogP contribution in [0.4, 0.5) is 0 Å². The van der Waals surface area contributed by atoms with Crippen molar-refractivity contribution < 1.29 is 64.0 Å². The highest BCUT2D eigenvalue weighted by molar-refractivity contribution is 5.97. The summed E-state index contributed by atoms with van der Waals surface area (Å²) in [5, 5.41) is 66.9. The van der Waals surface area contributed by atoms with Gasteiger partial charge >= 0.3 is 5.97 Å². The molecule has 3 fully saturated rings. The number of aromatic hydroxyl groups is 3. The maximum atomic E-state index is 14.4. The fourth-order valence-electron chi connectivity index (χ4n) is 8.73. The lowest BCUT2D eigenvalue weighted by atomic mass is 9.70. The highest BCUT2D eigenvalue weighted by Gasteiger charge is 2.61. The lowest BCUT2D eigenvalue weighted by Gasteiger charge is -2.54. The van der Waals surface area contributed by atoms with Crippen molar-refractivity contribution in [2.75, 3.05) is 32.9 Å². The fraction of sp³-hybridized carbons (Fsp3) is 0.468. The second-order valence-corrected chi connectivity index (χ2v) is 16.5. The maximum absolute atomic E-state index is 14.4. The third-order valence-corrected chi connectivity index (χ3v) is 12.0. The number of nitrogens with two attached hydrogens (primary N) is 1. The SMILES string of the molecule is NCCOc1ccc(C=CC(=O)COC2(C(=O)O)CC(O)C3OCC(CCc4ccccc4)CC(C(=O)C=Cc4cc(O)c(O)cc4CO)OC3(CNC3CCCC3)C2)cc1O. The molecule has 0 aromatic heterocycles. The van der Waals surface area contributed by atoms with Crippen LogP contribution in [0, 0.1) is 5.92 Å². The molecule has 1 saturated heterocycles. The molecule has 15 nitrogen and oxygen atoms in total. The number of carboxylic acid groups (broad SMARTS) is 1. The summed E-state index contributed by atoms with van der Waals surface area (Å²) in [6, 6.07) is 16.9. The maximum Gasteiger partial charge on any atom is 0.336 e. The second kappa shape index (κ2) is 21.3. The first-order valence-corrected chi connectivity index (χ1v) is 21.2. The van der Waals surface area contributed by atoms with Crippen LogP contribution < -0.4 is 15.8 Å². The third kappa shape index (κ3) is 11.7. The largest absolute Gasteiger partial charge is 0.504 e. The third-order valence-electron chi connectivity index (χ3n) is 12.0. The summed E-state index contributed by atoms with van der Waals surface area (Å²) in [6.07, 6.45) is 5.98. The van der Waals surface area contributed by atoms with E-state index < -0.39 is 78.2 Å². The van der Waals surface area contributed by atoms with Gasteiger partial charge in [0, 0.05) is 32.0 Å². The van der Waals surface area contributed by atoms with Gasteiger partial charge in [-0.1, -0.05) is 61.4 Å². The number of aliphatic hydroxyl groups excluding tert-OH is 2. The van der Waals surface area contributed by atoms with E-state index >= 15 is 0 Å². The Labute approximate surface area is 360 Å². The van der Waals surface area contributed by atoms with Crippen molar-refractivity contribution in [2.45, 2.75) is 100.0 Å². The molecule has 2 aliphatic carbocycles. The lowest BCUT2D eigenvalue weighted by Crippen LogP contribution is -2.70. The molecule has 15 heteroatoms. The van der Waals surface area contributed by atoms with Crippen LogP contribution in [-0.4, -0.2) is 117 Å². The number of rotatable bonds is 19. The van der Waals surface area contributed by atoms with Crippen molar-refractivity contribution in [2.24, 2.45) is 11.7 Å². The average molecular weight is 859 g/mol. The number of ketones is 2. The van der Waals surface area contributed by atoms with Crippen molar-refractivity contribution in [3.8, 4) is 23.0 Å². The molecule has 2 saturated carbocycles. The van der Waals surface area contributed by atoms with Crippen LogP contribution in [-0.2, 0) is 41.6 Å². The van der Waals surface area contributed by atoms with Gasteiger partial charge in [-0.3, -0.25) is 9.59 Å². The van der Waals surface area contributed by atoms with E-state index in [1.54, 1.807) is 6.07 Å². The molecular formula is C47H58N2O13. The number of carbonyl (C=O) groups is 3. The molecule has 1 heterocycles. The lowest BCUT2D eigenvalue weighted by molar-refractivity contribution is -0.269. The number of carboxylic acids is 1. The molecule has 1 aliphatic heterocycles. The number of ether oxygens (including phenoxy) is 4. The molecule has 334 valence electrons. The van der Waals surface area contributed by atoms with Gasteiger partial charge in [0.2, 0.25) is 0 Å². The average Bonchev–Trinajstić information content (AvgIpc) is 3.79. The molecule has 3 aromatic carbocycles.